The van der Waals surface area contributed by atoms with Gasteiger partial charge < -0.3 is 14.6 Å². The lowest BCUT2D eigenvalue weighted by Crippen LogP contribution is -2.31. The van der Waals surface area contributed by atoms with Gasteiger partial charge in [0.1, 0.15) is 11.5 Å². The molecule has 0 saturated heterocycles. The molecule has 6 heteroatoms. The average Bonchev–Trinajstić information content (AvgIpc) is 3.11. The first-order valence-electron chi connectivity index (χ1n) is 10.9. The number of aromatic nitrogens is 2. The van der Waals surface area contributed by atoms with E-state index in [0.717, 1.165) is 47.8 Å². The summed E-state index contributed by atoms with van der Waals surface area (Å²) in [6.45, 7) is 8.25. The van der Waals surface area contributed by atoms with E-state index in [0.29, 0.717) is 19.0 Å². The van der Waals surface area contributed by atoms with E-state index in [1.807, 2.05) is 66.2 Å². The highest BCUT2D eigenvalue weighted by Crippen LogP contribution is 2.33. The molecule has 1 aromatic heterocycles. The fourth-order valence-electron chi connectivity index (χ4n) is 3.67. The van der Waals surface area contributed by atoms with Crippen LogP contribution in [0.15, 0.2) is 54.6 Å². The van der Waals surface area contributed by atoms with E-state index < -0.39 is 6.10 Å². The number of aliphatic hydroxyl groups excluding tert-OH is 1. The first-order chi connectivity index (χ1) is 15.0. The van der Waals surface area contributed by atoms with Crippen molar-refractivity contribution in [3.8, 4) is 23.1 Å². The second-order valence-electron chi connectivity index (χ2n) is 7.69. The van der Waals surface area contributed by atoms with Crippen molar-refractivity contribution in [2.45, 2.75) is 46.3 Å². The van der Waals surface area contributed by atoms with Crippen molar-refractivity contribution >= 4 is 0 Å². The van der Waals surface area contributed by atoms with Gasteiger partial charge in [-0.3, -0.25) is 4.90 Å². The minimum absolute atomic E-state index is 0.397. The molecule has 1 atom stereocenters. The highest BCUT2D eigenvalue weighted by atomic mass is 16.5. The maximum absolute atomic E-state index is 9.99. The van der Waals surface area contributed by atoms with Gasteiger partial charge in [-0.15, -0.1) is 0 Å². The van der Waals surface area contributed by atoms with Gasteiger partial charge in [0.25, 0.3) is 0 Å². The summed E-state index contributed by atoms with van der Waals surface area (Å²) in [7, 11) is 1.65. The highest BCUT2D eigenvalue weighted by molar-refractivity contribution is 5.44. The molecule has 2 aromatic carbocycles. The van der Waals surface area contributed by atoms with Crippen molar-refractivity contribution in [1.29, 1.82) is 0 Å². The van der Waals surface area contributed by atoms with E-state index in [1.165, 1.54) is 0 Å². The van der Waals surface area contributed by atoms with Crippen LogP contribution in [0.4, 0.5) is 0 Å². The number of methoxy groups -OCH3 is 1. The monoisotopic (exact) mass is 423 g/mol. The Morgan fingerprint density at radius 3 is 2.29 bits per heavy atom. The number of hydrogen-bond donors (Lipinski definition) is 1. The third-order valence-electron chi connectivity index (χ3n) is 5.07. The van der Waals surface area contributed by atoms with E-state index in [4.69, 9.17) is 14.6 Å². The van der Waals surface area contributed by atoms with Gasteiger partial charge >= 0.3 is 0 Å². The van der Waals surface area contributed by atoms with Gasteiger partial charge in [0.05, 0.1) is 30.2 Å². The zero-order valence-corrected chi connectivity index (χ0v) is 18.9. The summed E-state index contributed by atoms with van der Waals surface area (Å²) in [4.78, 5) is 2.26. The molecule has 6 nitrogen and oxygen atoms in total. The molecule has 0 saturated carbocycles. The second-order valence-corrected chi connectivity index (χ2v) is 7.69. The van der Waals surface area contributed by atoms with Gasteiger partial charge in [-0.25, -0.2) is 4.68 Å². The lowest BCUT2D eigenvalue weighted by molar-refractivity contribution is 0.122. The van der Waals surface area contributed by atoms with Crippen molar-refractivity contribution in [3.05, 3.63) is 65.9 Å². The number of benzene rings is 2. The molecule has 0 amide bonds. The number of nitrogens with zero attached hydrogens (tertiary/aromatic N) is 3. The zero-order chi connectivity index (χ0) is 22.2. The third kappa shape index (κ3) is 5.87. The van der Waals surface area contributed by atoms with Crippen LogP contribution >= 0.6 is 0 Å². The topological polar surface area (TPSA) is 59.8 Å². The predicted molar refractivity (Wildman–Crippen MR) is 123 cm³/mol. The SMILES string of the molecule is CCCN(Cc1c(CC)nn(-c2ccccc2)c1Oc1ccc(OC)cc1)C[C@@H](C)O. The number of aryl methyl sites for hydroxylation is 1. The van der Waals surface area contributed by atoms with Crippen molar-refractivity contribution < 1.29 is 14.6 Å². The van der Waals surface area contributed by atoms with E-state index in [9.17, 15) is 5.11 Å². The van der Waals surface area contributed by atoms with Crippen molar-refractivity contribution in [3.63, 3.8) is 0 Å². The van der Waals surface area contributed by atoms with Crippen LogP contribution in [-0.4, -0.2) is 46.1 Å². The van der Waals surface area contributed by atoms with Crippen LogP contribution in [-0.2, 0) is 13.0 Å². The van der Waals surface area contributed by atoms with Crippen LogP contribution in [0, 0.1) is 0 Å². The number of rotatable bonds is 11. The van der Waals surface area contributed by atoms with Gasteiger partial charge in [0.2, 0.25) is 5.88 Å². The molecule has 3 rings (SSSR count). The summed E-state index contributed by atoms with van der Waals surface area (Å²) in [5.74, 6) is 2.21. The Labute approximate surface area is 185 Å². The van der Waals surface area contributed by atoms with E-state index in [2.05, 4.69) is 18.7 Å². The number of hydrogen-bond acceptors (Lipinski definition) is 5. The minimum atomic E-state index is -0.397. The number of aliphatic hydroxyl groups is 1. The lowest BCUT2D eigenvalue weighted by Gasteiger charge is -2.23. The van der Waals surface area contributed by atoms with Crippen molar-refractivity contribution in [2.24, 2.45) is 0 Å². The minimum Gasteiger partial charge on any atom is -0.497 e. The Morgan fingerprint density at radius 1 is 1.03 bits per heavy atom. The van der Waals surface area contributed by atoms with Gasteiger partial charge in [-0.05, 0) is 62.7 Å². The molecule has 0 bridgehead atoms. The molecule has 3 aromatic rings. The summed E-state index contributed by atoms with van der Waals surface area (Å²) in [6.07, 6.45) is 1.41. The Hall–Kier alpha value is -2.83. The quantitative estimate of drug-likeness (QED) is 0.479. The highest BCUT2D eigenvalue weighted by Gasteiger charge is 2.23. The normalized spacial score (nSPS) is 12.2. The largest absolute Gasteiger partial charge is 0.497 e. The molecule has 0 aliphatic carbocycles. The summed E-state index contributed by atoms with van der Waals surface area (Å²) in [6, 6.07) is 17.6. The van der Waals surface area contributed by atoms with E-state index >= 15 is 0 Å². The molecule has 0 radical (unpaired) electrons. The van der Waals surface area contributed by atoms with Crippen LogP contribution in [0.1, 0.15) is 38.4 Å². The summed E-state index contributed by atoms with van der Waals surface area (Å²) < 4.78 is 13.6. The molecule has 0 fully saturated rings. The van der Waals surface area contributed by atoms with Crippen LogP contribution in [0.2, 0.25) is 0 Å². The van der Waals surface area contributed by atoms with Gasteiger partial charge in [-0.1, -0.05) is 32.0 Å². The third-order valence-corrected chi connectivity index (χ3v) is 5.07. The van der Waals surface area contributed by atoms with Crippen LogP contribution in [0.5, 0.6) is 17.4 Å². The molecule has 166 valence electrons. The Bertz CT molecular complexity index is 937. The van der Waals surface area contributed by atoms with E-state index in [1.54, 1.807) is 7.11 Å². The van der Waals surface area contributed by atoms with Crippen LogP contribution < -0.4 is 9.47 Å². The molecule has 1 heterocycles. The van der Waals surface area contributed by atoms with E-state index in [-0.39, 0.29) is 0 Å². The van der Waals surface area contributed by atoms with Gasteiger partial charge in [0, 0.05) is 13.1 Å². The first kappa shape index (κ1) is 22.8. The molecule has 0 unspecified atom stereocenters. The fraction of sp³-hybridized carbons (Fsp3) is 0.400. The van der Waals surface area contributed by atoms with Crippen LogP contribution in [0.3, 0.4) is 0 Å². The zero-order valence-electron chi connectivity index (χ0n) is 18.9. The average molecular weight is 424 g/mol. The standard InChI is InChI=1S/C25H33N3O3/c1-5-16-27(17-19(3)29)18-23-24(6-2)26-28(20-10-8-7-9-11-20)25(23)31-22-14-12-21(30-4)13-15-22/h7-15,19,29H,5-6,16-18H2,1-4H3/t19-/m1/s1. The molecular formula is C25H33N3O3. The second kappa shape index (κ2) is 11.0. The maximum Gasteiger partial charge on any atom is 0.227 e. The van der Waals surface area contributed by atoms with Gasteiger partial charge in [0.15, 0.2) is 0 Å². The smallest absolute Gasteiger partial charge is 0.227 e. The Kier molecular flexibility index (Phi) is 8.09. The Morgan fingerprint density at radius 2 is 1.71 bits per heavy atom. The maximum atomic E-state index is 9.99. The lowest BCUT2D eigenvalue weighted by atomic mass is 10.1. The molecule has 0 spiro atoms. The van der Waals surface area contributed by atoms with Gasteiger partial charge in [-0.2, -0.15) is 5.10 Å². The van der Waals surface area contributed by atoms with Crippen molar-refractivity contribution in [1.82, 2.24) is 14.7 Å². The first-order valence-corrected chi connectivity index (χ1v) is 10.9. The number of para-hydroxylation sites is 1. The molecular weight excluding hydrogens is 390 g/mol. The molecule has 31 heavy (non-hydrogen) atoms. The summed E-state index contributed by atoms with van der Waals surface area (Å²) in [5, 5.41) is 14.9. The van der Waals surface area contributed by atoms with Crippen molar-refractivity contribution in [2.75, 3.05) is 20.2 Å². The summed E-state index contributed by atoms with van der Waals surface area (Å²) in [5.41, 5.74) is 3.00. The predicted octanol–water partition coefficient (Wildman–Crippen LogP) is 4.83. The van der Waals surface area contributed by atoms with Crippen LogP contribution in [0.25, 0.3) is 5.69 Å². The molecule has 1 N–H and O–H groups in total. The molecule has 0 aliphatic heterocycles. The number of ether oxygens (including phenoxy) is 2. The fourth-order valence-corrected chi connectivity index (χ4v) is 3.67. The molecule has 0 aliphatic rings. The summed E-state index contributed by atoms with van der Waals surface area (Å²) >= 11 is 0. The Balaban J connectivity index is 2.05.